The van der Waals surface area contributed by atoms with Gasteiger partial charge in [-0.05, 0) is 30.0 Å². The standard InChI is InChI=1S/C21H29N3/c1-2-20(22)16-19-10-6-7-11-21(19)24-14-12-23(13-15-24)17-18-8-4-3-5-9-18/h3-11,20H,2,12-17,22H2,1H3. The first-order chi connectivity index (χ1) is 11.8. The van der Waals surface area contributed by atoms with Gasteiger partial charge in [0.25, 0.3) is 0 Å². The molecule has 0 radical (unpaired) electrons. The van der Waals surface area contributed by atoms with E-state index in [0.29, 0.717) is 0 Å². The van der Waals surface area contributed by atoms with Crippen molar-refractivity contribution in [2.75, 3.05) is 31.1 Å². The van der Waals surface area contributed by atoms with Crippen LogP contribution in [-0.4, -0.2) is 37.1 Å². The molecule has 3 heteroatoms. The second kappa shape index (κ2) is 8.32. The van der Waals surface area contributed by atoms with Gasteiger partial charge in [0.15, 0.2) is 0 Å². The summed E-state index contributed by atoms with van der Waals surface area (Å²) in [5.41, 5.74) is 10.4. The first kappa shape index (κ1) is 17.0. The van der Waals surface area contributed by atoms with Gasteiger partial charge in [0.05, 0.1) is 0 Å². The average molecular weight is 323 g/mol. The van der Waals surface area contributed by atoms with Crippen LogP contribution in [0.2, 0.25) is 0 Å². The lowest BCUT2D eigenvalue weighted by Crippen LogP contribution is -2.46. The van der Waals surface area contributed by atoms with Crippen molar-refractivity contribution in [3.05, 3.63) is 65.7 Å². The first-order valence-electron chi connectivity index (χ1n) is 9.11. The molecule has 2 aromatic rings. The Kier molecular flexibility index (Phi) is 5.89. The Morgan fingerprint density at radius 2 is 1.58 bits per heavy atom. The zero-order valence-corrected chi connectivity index (χ0v) is 14.7. The Labute approximate surface area is 146 Å². The molecule has 1 saturated heterocycles. The molecular formula is C21H29N3. The van der Waals surface area contributed by atoms with Gasteiger partial charge in [-0.25, -0.2) is 0 Å². The van der Waals surface area contributed by atoms with Crippen LogP contribution in [0.15, 0.2) is 54.6 Å². The predicted octanol–water partition coefficient (Wildman–Crippen LogP) is 3.29. The number of nitrogens with two attached hydrogens (primary N) is 1. The maximum Gasteiger partial charge on any atom is 0.0400 e. The zero-order valence-electron chi connectivity index (χ0n) is 14.7. The molecule has 24 heavy (non-hydrogen) atoms. The number of benzene rings is 2. The molecule has 0 aromatic heterocycles. The summed E-state index contributed by atoms with van der Waals surface area (Å²) in [5.74, 6) is 0. The third-order valence-corrected chi connectivity index (χ3v) is 4.96. The molecule has 1 aliphatic rings. The van der Waals surface area contributed by atoms with Crippen LogP contribution in [-0.2, 0) is 13.0 Å². The van der Waals surface area contributed by atoms with Crippen LogP contribution in [0.1, 0.15) is 24.5 Å². The van der Waals surface area contributed by atoms with Crippen molar-refractivity contribution < 1.29 is 0 Å². The Morgan fingerprint density at radius 3 is 2.29 bits per heavy atom. The Balaban J connectivity index is 1.60. The van der Waals surface area contributed by atoms with Gasteiger partial charge in [-0.1, -0.05) is 55.5 Å². The summed E-state index contributed by atoms with van der Waals surface area (Å²) in [5, 5.41) is 0. The number of rotatable bonds is 6. The molecule has 128 valence electrons. The molecule has 0 spiro atoms. The molecule has 1 atom stereocenters. The predicted molar refractivity (Wildman–Crippen MR) is 102 cm³/mol. The number of anilines is 1. The minimum atomic E-state index is 0.255. The normalized spacial score (nSPS) is 17.0. The van der Waals surface area contributed by atoms with E-state index in [-0.39, 0.29) is 6.04 Å². The Bertz CT molecular complexity index is 618. The molecule has 1 aliphatic heterocycles. The van der Waals surface area contributed by atoms with Crippen molar-refractivity contribution in [2.45, 2.75) is 32.4 Å². The van der Waals surface area contributed by atoms with E-state index in [1.165, 1.54) is 16.8 Å². The fourth-order valence-corrected chi connectivity index (χ4v) is 3.41. The molecule has 1 fully saturated rings. The lowest BCUT2D eigenvalue weighted by molar-refractivity contribution is 0.249. The van der Waals surface area contributed by atoms with Gasteiger partial charge in [0.2, 0.25) is 0 Å². The van der Waals surface area contributed by atoms with E-state index in [0.717, 1.165) is 45.6 Å². The van der Waals surface area contributed by atoms with Crippen LogP contribution in [0.5, 0.6) is 0 Å². The summed E-state index contributed by atoms with van der Waals surface area (Å²) in [7, 11) is 0. The van der Waals surface area contributed by atoms with Crippen LogP contribution in [0.4, 0.5) is 5.69 Å². The molecule has 1 unspecified atom stereocenters. The molecule has 1 heterocycles. The van der Waals surface area contributed by atoms with Gasteiger partial charge in [-0.3, -0.25) is 4.90 Å². The van der Waals surface area contributed by atoms with Crippen LogP contribution < -0.4 is 10.6 Å². The van der Waals surface area contributed by atoms with Gasteiger partial charge < -0.3 is 10.6 Å². The quantitative estimate of drug-likeness (QED) is 0.885. The van der Waals surface area contributed by atoms with Crippen LogP contribution in [0, 0.1) is 0 Å². The largest absolute Gasteiger partial charge is 0.369 e. The topological polar surface area (TPSA) is 32.5 Å². The SMILES string of the molecule is CCC(N)Cc1ccccc1N1CCN(Cc2ccccc2)CC1. The summed E-state index contributed by atoms with van der Waals surface area (Å²) in [6.07, 6.45) is 2.00. The zero-order chi connectivity index (χ0) is 16.8. The highest BCUT2D eigenvalue weighted by Gasteiger charge is 2.19. The van der Waals surface area contributed by atoms with E-state index >= 15 is 0 Å². The molecule has 0 saturated carbocycles. The van der Waals surface area contributed by atoms with Crippen molar-refractivity contribution in [1.29, 1.82) is 0 Å². The van der Waals surface area contributed by atoms with E-state index in [1.54, 1.807) is 0 Å². The van der Waals surface area contributed by atoms with Crippen LogP contribution in [0.25, 0.3) is 0 Å². The molecule has 2 N–H and O–H groups in total. The smallest absolute Gasteiger partial charge is 0.0400 e. The third-order valence-electron chi connectivity index (χ3n) is 4.96. The number of para-hydroxylation sites is 1. The van der Waals surface area contributed by atoms with Crippen molar-refractivity contribution in [1.82, 2.24) is 4.90 Å². The highest BCUT2D eigenvalue weighted by Crippen LogP contribution is 2.23. The maximum absolute atomic E-state index is 6.18. The molecule has 2 aromatic carbocycles. The van der Waals surface area contributed by atoms with E-state index in [2.05, 4.69) is 71.3 Å². The van der Waals surface area contributed by atoms with Gasteiger partial charge in [-0.15, -0.1) is 0 Å². The molecule has 0 amide bonds. The van der Waals surface area contributed by atoms with Gasteiger partial charge >= 0.3 is 0 Å². The van der Waals surface area contributed by atoms with Crippen molar-refractivity contribution in [3.8, 4) is 0 Å². The third kappa shape index (κ3) is 4.37. The molecule has 0 aliphatic carbocycles. The average Bonchev–Trinajstić information content (AvgIpc) is 2.64. The summed E-state index contributed by atoms with van der Waals surface area (Å²) in [6, 6.07) is 19.8. The summed E-state index contributed by atoms with van der Waals surface area (Å²) < 4.78 is 0. The fourth-order valence-electron chi connectivity index (χ4n) is 3.41. The minimum absolute atomic E-state index is 0.255. The minimum Gasteiger partial charge on any atom is -0.369 e. The van der Waals surface area contributed by atoms with Crippen LogP contribution >= 0.6 is 0 Å². The lowest BCUT2D eigenvalue weighted by Gasteiger charge is -2.37. The van der Waals surface area contributed by atoms with Gasteiger partial charge in [0, 0.05) is 44.5 Å². The number of nitrogens with zero attached hydrogens (tertiary/aromatic N) is 2. The number of hydrogen-bond acceptors (Lipinski definition) is 3. The summed E-state index contributed by atoms with van der Waals surface area (Å²) in [6.45, 7) is 7.62. The van der Waals surface area contributed by atoms with Crippen molar-refractivity contribution >= 4 is 5.69 Å². The second-order valence-electron chi connectivity index (χ2n) is 6.75. The molecule has 0 bridgehead atoms. The highest BCUT2D eigenvalue weighted by atomic mass is 15.3. The van der Waals surface area contributed by atoms with Gasteiger partial charge in [0.1, 0.15) is 0 Å². The van der Waals surface area contributed by atoms with E-state index in [1.807, 2.05) is 0 Å². The fraction of sp³-hybridized carbons (Fsp3) is 0.429. The second-order valence-corrected chi connectivity index (χ2v) is 6.75. The van der Waals surface area contributed by atoms with E-state index in [9.17, 15) is 0 Å². The van der Waals surface area contributed by atoms with E-state index < -0.39 is 0 Å². The maximum atomic E-state index is 6.18. The monoisotopic (exact) mass is 323 g/mol. The first-order valence-corrected chi connectivity index (χ1v) is 9.11. The van der Waals surface area contributed by atoms with Crippen molar-refractivity contribution in [2.24, 2.45) is 5.73 Å². The number of piperazine rings is 1. The Hall–Kier alpha value is -1.84. The van der Waals surface area contributed by atoms with Gasteiger partial charge in [-0.2, -0.15) is 0 Å². The number of hydrogen-bond donors (Lipinski definition) is 1. The summed E-state index contributed by atoms with van der Waals surface area (Å²) >= 11 is 0. The van der Waals surface area contributed by atoms with Crippen molar-refractivity contribution in [3.63, 3.8) is 0 Å². The molecule has 3 nitrogen and oxygen atoms in total. The lowest BCUT2D eigenvalue weighted by atomic mass is 10.0. The Morgan fingerprint density at radius 1 is 0.917 bits per heavy atom. The van der Waals surface area contributed by atoms with E-state index in [4.69, 9.17) is 5.73 Å². The van der Waals surface area contributed by atoms with Crippen LogP contribution in [0.3, 0.4) is 0 Å². The highest BCUT2D eigenvalue weighted by molar-refractivity contribution is 5.54. The summed E-state index contributed by atoms with van der Waals surface area (Å²) in [4.78, 5) is 5.07. The molecular weight excluding hydrogens is 294 g/mol. The molecule has 3 rings (SSSR count).